The van der Waals surface area contributed by atoms with Gasteiger partial charge in [0.05, 0.1) is 10.7 Å². The Morgan fingerprint density at radius 3 is 2.59 bits per heavy atom. The molecule has 9 heteroatoms. The zero-order valence-corrected chi connectivity index (χ0v) is 18.4. The minimum atomic E-state index is 0. The Hall–Kier alpha value is -0.990. The van der Waals surface area contributed by atoms with Crippen LogP contribution in [0.3, 0.4) is 0 Å². The van der Waals surface area contributed by atoms with E-state index in [1.54, 1.807) is 18.4 Å². The zero-order valence-electron chi connectivity index (χ0n) is 16.0. The Kier molecular flexibility index (Phi) is 9.90. The number of ether oxygens (including phenoxy) is 1. The Morgan fingerprint density at radius 1 is 1.26 bits per heavy atom. The average molecular weight is 434 g/mol. The van der Waals surface area contributed by atoms with E-state index in [9.17, 15) is 0 Å². The maximum absolute atomic E-state index is 5.92. The van der Waals surface area contributed by atoms with E-state index in [1.165, 1.54) is 5.01 Å². The van der Waals surface area contributed by atoms with Crippen molar-refractivity contribution in [3.05, 3.63) is 33.7 Å². The second-order valence-electron chi connectivity index (χ2n) is 6.96. The highest BCUT2D eigenvalue weighted by molar-refractivity contribution is 7.09. The molecule has 0 amide bonds. The molecule has 0 spiro atoms. The normalized spacial score (nSPS) is 18.4. The number of anilines is 1. The van der Waals surface area contributed by atoms with Crippen LogP contribution in [0.4, 0.5) is 5.82 Å². The van der Waals surface area contributed by atoms with E-state index in [0.717, 1.165) is 48.8 Å². The topological polar surface area (TPSA) is 86.0 Å². The fourth-order valence-corrected chi connectivity index (χ4v) is 3.81. The van der Waals surface area contributed by atoms with Crippen LogP contribution in [-0.4, -0.2) is 34.6 Å². The number of aromatic nitrogens is 3. The van der Waals surface area contributed by atoms with Gasteiger partial charge in [-0.15, -0.1) is 36.2 Å². The van der Waals surface area contributed by atoms with E-state index in [1.807, 2.05) is 0 Å². The molecule has 0 unspecified atom stereocenters. The maximum atomic E-state index is 5.92. The Bertz CT molecular complexity index is 707. The van der Waals surface area contributed by atoms with Crippen molar-refractivity contribution in [1.82, 2.24) is 15.0 Å². The molecule has 0 radical (unpaired) electrons. The summed E-state index contributed by atoms with van der Waals surface area (Å²) in [6.45, 7) is 5.57. The van der Waals surface area contributed by atoms with Gasteiger partial charge in [-0.05, 0) is 12.8 Å². The van der Waals surface area contributed by atoms with Gasteiger partial charge >= 0.3 is 0 Å². The van der Waals surface area contributed by atoms with E-state index < -0.39 is 0 Å². The predicted octanol–water partition coefficient (Wildman–Crippen LogP) is 3.91. The van der Waals surface area contributed by atoms with Crippen molar-refractivity contribution in [2.45, 2.75) is 57.6 Å². The first-order valence-electron chi connectivity index (χ1n) is 8.85. The molecular weight excluding hydrogens is 405 g/mol. The highest BCUT2D eigenvalue weighted by Gasteiger charge is 2.29. The average Bonchev–Trinajstić information content (AvgIpc) is 3.01. The molecule has 0 atom stereocenters. The molecule has 27 heavy (non-hydrogen) atoms. The summed E-state index contributed by atoms with van der Waals surface area (Å²) in [7, 11) is 1.66. The van der Waals surface area contributed by atoms with E-state index in [0.29, 0.717) is 24.5 Å². The smallest absolute Gasteiger partial charge is 0.156 e. The largest absolute Gasteiger partial charge is 0.377 e. The Balaban J connectivity index is 0.00000182. The predicted molar refractivity (Wildman–Crippen MR) is 116 cm³/mol. The Labute approximate surface area is 177 Å². The fraction of sp³-hybridized carbons (Fsp3) is 0.611. The van der Waals surface area contributed by atoms with Crippen LogP contribution >= 0.6 is 36.2 Å². The monoisotopic (exact) mass is 433 g/mol. The summed E-state index contributed by atoms with van der Waals surface area (Å²) in [5.41, 5.74) is 8.13. The first-order chi connectivity index (χ1) is 12.0. The molecule has 2 heterocycles. The minimum absolute atomic E-state index is 0. The number of hydrogen-bond donors (Lipinski definition) is 2. The van der Waals surface area contributed by atoms with Gasteiger partial charge in [0.2, 0.25) is 0 Å². The highest BCUT2D eigenvalue weighted by Crippen LogP contribution is 2.35. The zero-order chi connectivity index (χ0) is 17.8. The lowest BCUT2D eigenvalue weighted by molar-refractivity contribution is 0.177. The molecule has 1 aliphatic carbocycles. The van der Waals surface area contributed by atoms with Crippen LogP contribution in [0.15, 0.2) is 11.4 Å². The molecule has 1 fully saturated rings. The third kappa shape index (κ3) is 6.54. The SMILES string of the molecule is COCc1nc(NCCc2csc(C(C)C)n2)cc(C2CC(N)C2)n1.Cl.Cl. The van der Waals surface area contributed by atoms with E-state index in [2.05, 4.69) is 45.6 Å². The number of thiazole rings is 1. The van der Waals surface area contributed by atoms with Crippen molar-refractivity contribution < 1.29 is 4.74 Å². The van der Waals surface area contributed by atoms with Gasteiger partial charge in [-0.1, -0.05) is 13.8 Å². The first kappa shape index (κ1) is 24.0. The molecule has 2 aromatic rings. The lowest BCUT2D eigenvalue weighted by Gasteiger charge is -2.32. The molecular formula is C18H29Cl2N5OS. The highest BCUT2D eigenvalue weighted by atomic mass is 35.5. The molecule has 2 aromatic heterocycles. The van der Waals surface area contributed by atoms with Crippen molar-refractivity contribution in [1.29, 1.82) is 0 Å². The van der Waals surface area contributed by atoms with Gasteiger partial charge in [-0.3, -0.25) is 0 Å². The van der Waals surface area contributed by atoms with E-state index in [-0.39, 0.29) is 24.8 Å². The summed E-state index contributed by atoms with van der Waals surface area (Å²) in [4.78, 5) is 13.9. The summed E-state index contributed by atoms with van der Waals surface area (Å²) in [6.07, 6.45) is 2.88. The summed E-state index contributed by atoms with van der Waals surface area (Å²) < 4.78 is 5.20. The molecule has 0 aromatic carbocycles. The standard InChI is InChI=1S/C18H27N5OS.2ClH/c1-11(2)18-21-14(10-25-18)4-5-20-16-8-15(12-6-13(19)7-12)22-17(23-16)9-24-3;;/h8,10-13H,4-7,9,19H2,1-3H3,(H,20,22,23);2*1H. The Morgan fingerprint density at radius 2 is 2.00 bits per heavy atom. The first-order valence-corrected chi connectivity index (χ1v) is 9.73. The lowest BCUT2D eigenvalue weighted by Crippen LogP contribution is -2.35. The quantitative estimate of drug-likeness (QED) is 0.655. The van der Waals surface area contributed by atoms with Crippen LogP contribution in [-0.2, 0) is 17.8 Å². The van der Waals surface area contributed by atoms with Gasteiger partial charge in [-0.25, -0.2) is 15.0 Å². The fourth-order valence-electron chi connectivity index (χ4n) is 2.94. The van der Waals surface area contributed by atoms with Gasteiger partial charge in [-0.2, -0.15) is 0 Å². The van der Waals surface area contributed by atoms with Crippen molar-refractivity contribution in [2.24, 2.45) is 5.73 Å². The van der Waals surface area contributed by atoms with Crippen molar-refractivity contribution in [2.75, 3.05) is 19.0 Å². The second-order valence-corrected chi connectivity index (χ2v) is 7.85. The van der Waals surface area contributed by atoms with E-state index >= 15 is 0 Å². The third-order valence-electron chi connectivity index (χ3n) is 4.41. The van der Waals surface area contributed by atoms with Crippen molar-refractivity contribution in [3.63, 3.8) is 0 Å². The molecule has 0 bridgehead atoms. The minimum Gasteiger partial charge on any atom is -0.377 e. The number of rotatable bonds is 8. The van der Waals surface area contributed by atoms with Crippen LogP contribution in [0.1, 0.15) is 60.7 Å². The van der Waals surface area contributed by atoms with Crippen molar-refractivity contribution in [3.8, 4) is 0 Å². The summed E-state index contributed by atoms with van der Waals surface area (Å²) in [5, 5.41) is 6.76. The molecule has 1 aliphatic rings. The van der Waals surface area contributed by atoms with Gasteiger partial charge in [0.1, 0.15) is 12.4 Å². The van der Waals surface area contributed by atoms with Gasteiger partial charge in [0.15, 0.2) is 5.82 Å². The number of hydrogen-bond acceptors (Lipinski definition) is 7. The van der Waals surface area contributed by atoms with Crippen LogP contribution in [0.25, 0.3) is 0 Å². The van der Waals surface area contributed by atoms with Gasteiger partial charge < -0.3 is 15.8 Å². The summed E-state index contributed by atoms with van der Waals surface area (Å²) in [5.74, 6) is 2.51. The molecule has 3 rings (SSSR count). The lowest BCUT2D eigenvalue weighted by atomic mass is 9.78. The maximum Gasteiger partial charge on any atom is 0.156 e. The molecule has 3 N–H and O–H groups in total. The van der Waals surface area contributed by atoms with Gasteiger partial charge in [0.25, 0.3) is 0 Å². The van der Waals surface area contributed by atoms with Gasteiger partial charge in [0, 0.05) is 55.1 Å². The van der Waals surface area contributed by atoms with Crippen LogP contribution in [0.2, 0.25) is 0 Å². The molecule has 0 saturated heterocycles. The number of methoxy groups -OCH3 is 1. The number of nitrogens with two attached hydrogens (primary N) is 1. The molecule has 1 saturated carbocycles. The van der Waals surface area contributed by atoms with Crippen LogP contribution in [0.5, 0.6) is 0 Å². The molecule has 6 nitrogen and oxygen atoms in total. The van der Waals surface area contributed by atoms with Crippen LogP contribution < -0.4 is 11.1 Å². The third-order valence-corrected chi connectivity index (χ3v) is 5.60. The number of nitrogens with zero attached hydrogens (tertiary/aromatic N) is 3. The summed E-state index contributed by atoms with van der Waals surface area (Å²) >= 11 is 1.74. The van der Waals surface area contributed by atoms with Crippen molar-refractivity contribution >= 4 is 42.0 Å². The van der Waals surface area contributed by atoms with Crippen LogP contribution in [0, 0.1) is 0 Å². The summed E-state index contributed by atoms with van der Waals surface area (Å²) in [6, 6.07) is 2.36. The molecule has 152 valence electrons. The number of halogens is 2. The second kappa shape index (κ2) is 11.1. The number of nitrogens with one attached hydrogen (secondary N) is 1. The van der Waals surface area contributed by atoms with E-state index in [4.69, 9.17) is 10.5 Å². The molecule has 0 aliphatic heterocycles.